The van der Waals surface area contributed by atoms with Crippen LogP contribution in [-0.4, -0.2) is 38.7 Å². The van der Waals surface area contributed by atoms with Crippen LogP contribution in [0.15, 0.2) is 0 Å². The SMILES string of the molecule is CO[C@H]1[C@@H](F)CO[C@@H]1COP. The molecule has 1 rings (SSSR count). The van der Waals surface area contributed by atoms with Crippen LogP contribution in [-0.2, 0) is 14.0 Å². The molecule has 4 atom stereocenters. The first-order chi connectivity index (χ1) is 5.29. The number of ether oxygens (including phenoxy) is 2. The Morgan fingerprint density at radius 3 is 3.00 bits per heavy atom. The molecule has 0 aromatic heterocycles. The fourth-order valence-corrected chi connectivity index (χ4v) is 1.37. The maximum atomic E-state index is 12.8. The van der Waals surface area contributed by atoms with Gasteiger partial charge >= 0.3 is 0 Å². The topological polar surface area (TPSA) is 27.7 Å². The molecule has 1 heterocycles. The van der Waals surface area contributed by atoms with Gasteiger partial charge in [-0.2, -0.15) is 0 Å². The van der Waals surface area contributed by atoms with Crippen LogP contribution < -0.4 is 0 Å². The number of hydrogen-bond acceptors (Lipinski definition) is 3. The molecule has 5 heteroatoms. The van der Waals surface area contributed by atoms with Gasteiger partial charge in [0.15, 0.2) is 6.17 Å². The molecule has 3 nitrogen and oxygen atoms in total. The number of rotatable bonds is 3. The second-order valence-corrected chi connectivity index (χ2v) is 2.75. The maximum absolute atomic E-state index is 12.8. The molecule has 0 N–H and O–H groups in total. The van der Waals surface area contributed by atoms with Crippen LogP contribution in [0.5, 0.6) is 0 Å². The fourth-order valence-electron chi connectivity index (χ4n) is 1.18. The van der Waals surface area contributed by atoms with Gasteiger partial charge in [-0.25, -0.2) is 4.39 Å². The van der Waals surface area contributed by atoms with Crippen LogP contribution in [0.3, 0.4) is 0 Å². The molecule has 0 aromatic carbocycles. The van der Waals surface area contributed by atoms with Crippen molar-refractivity contribution in [2.75, 3.05) is 20.3 Å². The molecule has 66 valence electrons. The van der Waals surface area contributed by atoms with Crippen LogP contribution in [0, 0.1) is 0 Å². The molecule has 1 aliphatic heterocycles. The summed E-state index contributed by atoms with van der Waals surface area (Å²) >= 11 is 0. The quantitative estimate of drug-likeness (QED) is 0.596. The van der Waals surface area contributed by atoms with Crippen LogP contribution in [0.2, 0.25) is 0 Å². The number of hydrogen-bond donors (Lipinski definition) is 0. The zero-order valence-electron chi connectivity index (χ0n) is 6.33. The predicted octanol–water partition coefficient (Wildman–Crippen LogP) is 0.545. The summed E-state index contributed by atoms with van der Waals surface area (Å²) in [5, 5.41) is 0. The molecule has 0 spiro atoms. The lowest BCUT2D eigenvalue weighted by molar-refractivity contribution is -0.0133. The Bertz CT molecular complexity index is 122. The highest BCUT2D eigenvalue weighted by Gasteiger charge is 2.37. The van der Waals surface area contributed by atoms with Crippen LogP contribution in [0.1, 0.15) is 0 Å². The molecule has 0 radical (unpaired) electrons. The molecular formula is C6H12FO3P. The van der Waals surface area contributed by atoms with Crippen molar-refractivity contribution in [1.82, 2.24) is 0 Å². The minimum Gasteiger partial charge on any atom is -0.376 e. The van der Waals surface area contributed by atoms with Gasteiger partial charge in [-0.15, -0.1) is 0 Å². The van der Waals surface area contributed by atoms with Gasteiger partial charge in [-0.1, -0.05) is 0 Å². The van der Waals surface area contributed by atoms with Crippen molar-refractivity contribution in [3.05, 3.63) is 0 Å². The van der Waals surface area contributed by atoms with Crippen molar-refractivity contribution < 1.29 is 18.4 Å². The Morgan fingerprint density at radius 1 is 1.73 bits per heavy atom. The number of methoxy groups -OCH3 is 1. The van der Waals surface area contributed by atoms with Gasteiger partial charge in [-0.3, -0.25) is 0 Å². The monoisotopic (exact) mass is 182 g/mol. The van der Waals surface area contributed by atoms with E-state index in [0.717, 1.165) is 0 Å². The second kappa shape index (κ2) is 4.31. The molecule has 1 fully saturated rings. The van der Waals surface area contributed by atoms with Crippen molar-refractivity contribution in [2.45, 2.75) is 18.4 Å². The third-order valence-electron chi connectivity index (χ3n) is 1.73. The number of alkyl halides is 1. The van der Waals surface area contributed by atoms with E-state index in [1.807, 2.05) is 0 Å². The van der Waals surface area contributed by atoms with E-state index in [1.165, 1.54) is 7.11 Å². The van der Waals surface area contributed by atoms with E-state index in [1.54, 1.807) is 0 Å². The molecule has 1 aliphatic rings. The van der Waals surface area contributed by atoms with E-state index in [4.69, 9.17) is 14.0 Å². The summed E-state index contributed by atoms with van der Waals surface area (Å²) in [4.78, 5) is 0. The predicted molar refractivity (Wildman–Crippen MR) is 41.1 cm³/mol. The van der Waals surface area contributed by atoms with E-state index in [2.05, 4.69) is 9.47 Å². The Morgan fingerprint density at radius 2 is 2.45 bits per heavy atom. The molecule has 1 saturated heterocycles. The molecule has 0 saturated carbocycles. The van der Waals surface area contributed by atoms with E-state index >= 15 is 0 Å². The Kier molecular flexibility index (Phi) is 3.66. The summed E-state index contributed by atoms with van der Waals surface area (Å²) in [6.07, 6.45) is -1.77. The van der Waals surface area contributed by atoms with E-state index < -0.39 is 12.3 Å². The van der Waals surface area contributed by atoms with Gasteiger partial charge in [0.1, 0.15) is 12.2 Å². The van der Waals surface area contributed by atoms with E-state index in [9.17, 15) is 4.39 Å². The van der Waals surface area contributed by atoms with Crippen molar-refractivity contribution in [1.29, 1.82) is 0 Å². The average Bonchev–Trinajstić information content (AvgIpc) is 2.33. The first kappa shape index (κ1) is 9.33. The van der Waals surface area contributed by atoms with Crippen molar-refractivity contribution in [2.24, 2.45) is 0 Å². The Labute approximate surface area is 67.5 Å². The van der Waals surface area contributed by atoms with Gasteiger partial charge in [-0.05, 0) is 0 Å². The second-order valence-electron chi connectivity index (χ2n) is 2.42. The lowest BCUT2D eigenvalue weighted by atomic mass is 10.2. The largest absolute Gasteiger partial charge is 0.376 e. The highest BCUT2D eigenvalue weighted by Crippen LogP contribution is 2.20. The molecule has 0 bridgehead atoms. The van der Waals surface area contributed by atoms with Gasteiger partial charge in [0, 0.05) is 16.6 Å². The fraction of sp³-hybridized carbons (Fsp3) is 1.00. The minimum atomic E-state index is -1.02. The first-order valence-electron chi connectivity index (χ1n) is 3.39. The smallest absolute Gasteiger partial charge is 0.152 e. The molecule has 11 heavy (non-hydrogen) atoms. The zero-order valence-corrected chi connectivity index (χ0v) is 7.48. The van der Waals surface area contributed by atoms with Crippen molar-refractivity contribution in [3.63, 3.8) is 0 Å². The molecule has 0 aliphatic carbocycles. The minimum absolute atomic E-state index is 0.108. The summed E-state index contributed by atoms with van der Waals surface area (Å²) in [6.45, 7) is 0.459. The summed E-state index contributed by atoms with van der Waals surface area (Å²) in [5.41, 5.74) is 0. The summed E-state index contributed by atoms with van der Waals surface area (Å²) in [5.74, 6) is 0. The summed E-state index contributed by atoms with van der Waals surface area (Å²) in [6, 6.07) is 0. The molecule has 0 amide bonds. The van der Waals surface area contributed by atoms with Crippen LogP contribution in [0.4, 0.5) is 4.39 Å². The maximum Gasteiger partial charge on any atom is 0.152 e. The Balaban J connectivity index is 2.40. The lowest BCUT2D eigenvalue weighted by Gasteiger charge is -2.16. The van der Waals surface area contributed by atoms with Crippen LogP contribution >= 0.6 is 9.47 Å². The molecule has 0 aromatic rings. The first-order valence-corrected chi connectivity index (χ1v) is 3.87. The molecule has 1 unspecified atom stereocenters. The standard InChI is InChI=1S/C6H12FO3P/c1-8-6-4(7)2-9-5(6)3-10-11/h4-6H,2-3,11H2,1H3/t4-,5+,6-/m0/s1. The van der Waals surface area contributed by atoms with E-state index in [0.29, 0.717) is 6.61 Å². The molecular weight excluding hydrogens is 170 g/mol. The lowest BCUT2D eigenvalue weighted by Crippen LogP contribution is -2.32. The number of halogens is 1. The average molecular weight is 182 g/mol. The zero-order chi connectivity index (χ0) is 8.27. The van der Waals surface area contributed by atoms with Gasteiger partial charge < -0.3 is 14.0 Å². The van der Waals surface area contributed by atoms with Crippen molar-refractivity contribution in [3.8, 4) is 0 Å². The highest BCUT2D eigenvalue weighted by molar-refractivity contribution is 7.09. The van der Waals surface area contributed by atoms with Crippen molar-refractivity contribution >= 4 is 9.47 Å². The normalized spacial score (nSPS) is 37.9. The third-order valence-corrected chi connectivity index (χ3v) is 1.92. The summed E-state index contributed by atoms with van der Waals surface area (Å²) < 4.78 is 27.6. The Hall–Kier alpha value is 0.240. The van der Waals surface area contributed by atoms with Crippen LogP contribution in [0.25, 0.3) is 0 Å². The summed E-state index contributed by atoms with van der Waals surface area (Å²) in [7, 11) is 3.57. The van der Waals surface area contributed by atoms with Gasteiger partial charge in [0.25, 0.3) is 0 Å². The van der Waals surface area contributed by atoms with Gasteiger partial charge in [0.2, 0.25) is 0 Å². The van der Waals surface area contributed by atoms with Gasteiger partial charge in [0.05, 0.1) is 13.2 Å². The highest BCUT2D eigenvalue weighted by atomic mass is 31.0. The van der Waals surface area contributed by atoms with E-state index in [-0.39, 0.29) is 12.7 Å². The third kappa shape index (κ3) is 2.09.